The van der Waals surface area contributed by atoms with Gasteiger partial charge in [-0.2, -0.15) is 0 Å². The van der Waals surface area contributed by atoms with Crippen LogP contribution in [0, 0.1) is 6.92 Å². The van der Waals surface area contributed by atoms with Crippen LogP contribution < -0.4 is 5.32 Å². The van der Waals surface area contributed by atoms with Crippen LogP contribution in [-0.4, -0.2) is 11.1 Å². The van der Waals surface area contributed by atoms with E-state index in [2.05, 4.69) is 42.6 Å². The highest BCUT2D eigenvalue weighted by atomic mass is 35.5. The average Bonchev–Trinajstić information content (AvgIpc) is 2.77. The monoisotopic (exact) mass is 465 g/mol. The number of nitrogens with one attached hydrogen (secondary N) is 1. The minimum absolute atomic E-state index is 0. The Labute approximate surface area is 199 Å². The Morgan fingerprint density at radius 3 is 2.53 bits per heavy atom. The molecule has 0 aliphatic heterocycles. The summed E-state index contributed by atoms with van der Waals surface area (Å²) in [5.41, 5.74) is 5.31. The van der Waals surface area contributed by atoms with Crippen LogP contribution in [0.15, 0.2) is 78.9 Å². The highest BCUT2D eigenvalue weighted by Crippen LogP contribution is 2.32. The first-order valence-electron chi connectivity index (χ1n) is 10.3. The van der Waals surface area contributed by atoms with E-state index in [-0.39, 0.29) is 18.4 Å². The van der Waals surface area contributed by atoms with Crippen molar-refractivity contribution in [1.29, 1.82) is 0 Å². The molecule has 0 saturated carbocycles. The minimum Gasteiger partial charge on any atom is -0.478 e. The first-order chi connectivity index (χ1) is 14.9. The number of benzene rings is 4. The molecular weight excluding hydrogens is 441 g/mol. The van der Waals surface area contributed by atoms with E-state index in [4.69, 9.17) is 11.6 Å². The summed E-state index contributed by atoms with van der Waals surface area (Å²) >= 11 is 6.14. The van der Waals surface area contributed by atoms with Crippen molar-refractivity contribution < 1.29 is 9.90 Å². The van der Waals surface area contributed by atoms with E-state index in [1.165, 1.54) is 0 Å². The smallest absolute Gasteiger partial charge is 0.335 e. The normalized spacial score (nSPS) is 11.7. The predicted octanol–water partition coefficient (Wildman–Crippen LogP) is 7.44. The molecule has 4 aromatic rings. The maximum absolute atomic E-state index is 11.7. The number of rotatable bonds is 6. The van der Waals surface area contributed by atoms with E-state index < -0.39 is 5.97 Å². The number of hydrogen-bond donors (Lipinski definition) is 2. The summed E-state index contributed by atoms with van der Waals surface area (Å²) in [6.45, 7) is 4.62. The zero-order chi connectivity index (χ0) is 22.0. The van der Waals surface area contributed by atoms with Gasteiger partial charge in [0.25, 0.3) is 0 Å². The molecule has 0 aromatic heterocycles. The van der Waals surface area contributed by atoms with Crippen LogP contribution in [-0.2, 0) is 6.54 Å². The molecule has 3 nitrogen and oxygen atoms in total. The number of carboxylic acids is 1. The summed E-state index contributed by atoms with van der Waals surface area (Å²) < 4.78 is 0. The number of hydrogen-bond acceptors (Lipinski definition) is 2. The van der Waals surface area contributed by atoms with Crippen molar-refractivity contribution in [3.05, 3.63) is 106 Å². The second kappa shape index (κ2) is 10.2. The first-order valence-corrected chi connectivity index (χ1v) is 10.6. The van der Waals surface area contributed by atoms with Crippen molar-refractivity contribution in [2.24, 2.45) is 0 Å². The maximum atomic E-state index is 11.7. The Kier molecular flexibility index (Phi) is 7.57. The Bertz CT molecular complexity index is 1270. The third-order valence-corrected chi connectivity index (χ3v) is 5.90. The van der Waals surface area contributed by atoms with Crippen molar-refractivity contribution in [3.63, 3.8) is 0 Å². The van der Waals surface area contributed by atoms with Crippen LogP contribution in [0.4, 0.5) is 0 Å². The van der Waals surface area contributed by atoms with E-state index in [1.807, 2.05) is 49.4 Å². The Balaban J connectivity index is 0.00000289. The molecule has 164 valence electrons. The molecule has 0 radical (unpaired) electrons. The highest BCUT2D eigenvalue weighted by Gasteiger charge is 2.13. The lowest BCUT2D eigenvalue weighted by Crippen LogP contribution is -2.18. The largest absolute Gasteiger partial charge is 0.478 e. The van der Waals surface area contributed by atoms with E-state index >= 15 is 0 Å². The number of carboxylic acid groups (broad SMARTS) is 1. The molecule has 0 spiro atoms. The van der Waals surface area contributed by atoms with Crippen LogP contribution >= 0.6 is 24.0 Å². The van der Waals surface area contributed by atoms with Gasteiger partial charge in [-0.05, 0) is 82.8 Å². The summed E-state index contributed by atoms with van der Waals surface area (Å²) in [4.78, 5) is 11.7. The summed E-state index contributed by atoms with van der Waals surface area (Å²) in [6.07, 6.45) is 0. The van der Waals surface area contributed by atoms with Crippen molar-refractivity contribution >= 4 is 40.7 Å². The highest BCUT2D eigenvalue weighted by molar-refractivity contribution is 6.30. The van der Waals surface area contributed by atoms with E-state index in [0.29, 0.717) is 12.1 Å². The van der Waals surface area contributed by atoms with E-state index in [0.717, 1.165) is 43.6 Å². The SMILES string of the molecule is Cc1ccc(-c2cc(CNC(C)c3cccc(Cl)c3)cc3ccccc23)cc1C(=O)O.Cl. The molecule has 0 saturated heterocycles. The zero-order valence-corrected chi connectivity index (χ0v) is 19.5. The lowest BCUT2D eigenvalue weighted by Gasteiger charge is -2.17. The van der Waals surface area contributed by atoms with Crippen LogP contribution in [0.1, 0.15) is 40.0 Å². The molecule has 4 aromatic carbocycles. The predicted molar refractivity (Wildman–Crippen MR) is 135 cm³/mol. The fraction of sp³-hybridized carbons (Fsp3) is 0.148. The quantitative estimate of drug-likeness (QED) is 0.311. The van der Waals surface area contributed by atoms with Crippen molar-refractivity contribution in [2.45, 2.75) is 26.4 Å². The van der Waals surface area contributed by atoms with Crippen molar-refractivity contribution in [2.75, 3.05) is 0 Å². The molecule has 32 heavy (non-hydrogen) atoms. The molecule has 0 heterocycles. The van der Waals surface area contributed by atoms with Gasteiger partial charge in [-0.1, -0.05) is 60.1 Å². The fourth-order valence-electron chi connectivity index (χ4n) is 3.90. The lowest BCUT2D eigenvalue weighted by atomic mass is 9.93. The van der Waals surface area contributed by atoms with Gasteiger partial charge in [0, 0.05) is 17.6 Å². The van der Waals surface area contributed by atoms with E-state index in [9.17, 15) is 9.90 Å². The van der Waals surface area contributed by atoms with Gasteiger partial charge in [0.15, 0.2) is 0 Å². The van der Waals surface area contributed by atoms with Gasteiger partial charge in [0.05, 0.1) is 5.56 Å². The molecule has 0 fully saturated rings. The summed E-state index contributed by atoms with van der Waals surface area (Å²) in [5.74, 6) is -0.906. The van der Waals surface area contributed by atoms with Gasteiger partial charge >= 0.3 is 5.97 Å². The van der Waals surface area contributed by atoms with Crippen LogP contribution in [0.25, 0.3) is 21.9 Å². The van der Waals surface area contributed by atoms with Gasteiger partial charge in [-0.15, -0.1) is 12.4 Å². The molecule has 5 heteroatoms. The fourth-order valence-corrected chi connectivity index (χ4v) is 4.10. The first kappa shape index (κ1) is 23.8. The standard InChI is InChI=1S/C27H24ClNO2.ClH/c1-17-10-11-22(15-25(17)27(30)31)26-13-19(12-21-6-3-4-9-24(21)26)16-29-18(2)20-7-5-8-23(28)14-20;/h3-15,18,29H,16H2,1-2H3,(H,30,31);1H. The zero-order valence-electron chi connectivity index (χ0n) is 17.9. The minimum atomic E-state index is -0.906. The third-order valence-electron chi connectivity index (χ3n) is 5.66. The molecule has 0 bridgehead atoms. The summed E-state index contributed by atoms with van der Waals surface area (Å²) in [5, 5.41) is 16.1. The second-order valence-corrected chi connectivity index (χ2v) is 8.29. The lowest BCUT2D eigenvalue weighted by molar-refractivity contribution is 0.0696. The Morgan fingerprint density at radius 2 is 1.78 bits per heavy atom. The molecule has 4 rings (SSSR count). The van der Waals surface area contributed by atoms with Gasteiger partial charge < -0.3 is 10.4 Å². The van der Waals surface area contributed by atoms with Crippen molar-refractivity contribution in [3.8, 4) is 11.1 Å². The van der Waals surface area contributed by atoms with E-state index in [1.54, 1.807) is 6.07 Å². The molecular formula is C27H25Cl2NO2. The summed E-state index contributed by atoms with van der Waals surface area (Å²) in [6, 6.07) is 26.2. The maximum Gasteiger partial charge on any atom is 0.335 e. The number of fused-ring (bicyclic) bond motifs is 1. The Hall–Kier alpha value is -2.85. The molecule has 0 aliphatic rings. The van der Waals surface area contributed by atoms with Crippen LogP contribution in [0.2, 0.25) is 5.02 Å². The number of carbonyl (C=O) groups is 1. The third kappa shape index (κ3) is 5.13. The second-order valence-electron chi connectivity index (χ2n) is 7.86. The molecule has 0 amide bonds. The van der Waals surface area contributed by atoms with Gasteiger partial charge in [-0.25, -0.2) is 4.79 Å². The van der Waals surface area contributed by atoms with Gasteiger partial charge in [0.1, 0.15) is 0 Å². The van der Waals surface area contributed by atoms with Gasteiger partial charge in [-0.3, -0.25) is 0 Å². The number of aromatic carboxylic acids is 1. The van der Waals surface area contributed by atoms with Gasteiger partial charge in [0.2, 0.25) is 0 Å². The molecule has 0 aliphatic carbocycles. The number of aryl methyl sites for hydroxylation is 1. The molecule has 1 unspecified atom stereocenters. The summed E-state index contributed by atoms with van der Waals surface area (Å²) in [7, 11) is 0. The molecule has 1 atom stereocenters. The van der Waals surface area contributed by atoms with Crippen LogP contribution in [0.5, 0.6) is 0 Å². The molecule has 2 N–H and O–H groups in total. The Morgan fingerprint density at radius 1 is 1.00 bits per heavy atom. The topological polar surface area (TPSA) is 49.3 Å². The average molecular weight is 466 g/mol. The van der Waals surface area contributed by atoms with Crippen molar-refractivity contribution in [1.82, 2.24) is 5.32 Å². The number of halogens is 2. The van der Waals surface area contributed by atoms with Crippen LogP contribution in [0.3, 0.4) is 0 Å².